The zero-order chi connectivity index (χ0) is 28.3. The number of amides is 4. The van der Waals surface area contributed by atoms with E-state index in [2.05, 4.69) is 44.5 Å². The second-order valence-corrected chi connectivity index (χ2v) is 10.2. The Kier molecular flexibility index (Phi) is 7.62. The fourth-order valence-corrected chi connectivity index (χ4v) is 5.25. The van der Waals surface area contributed by atoms with Crippen LogP contribution < -0.4 is 15.4 Å². The number of nitrogens with one attached hydrogen (secondary N) is 2. The van der Waals surface area contributed by atoms with Crippen LogP contribution in [0.3, 0.4) is 0 Å². The SMILES string of the molecule is COc1ccc2c(c1)CCN(C[C@@]1(C#Cc3ccc(/C(=N\O)N4CCCN(C)CC4)cc3)NC(=O)NC1=O)C2=O. The van der Waals surface area contributed by atoms with E-state index in [-0.39, 0.29) is 12.5 Å². The van der Waals surface area contributed by atoms with Crippen LogP contribution in [-0.4, -0.2) is 103 Å². The molecule has 2 saturated heterocycles. The summed E-state index contributed by atoms with van der Waals surface area (Å²) in [5, 5.41) is 18.2. The van der Waals surface area contributed by atoms with Gasteiger partial charge < -0.3 is 30.0 Å². The molecule has 0 radical (unpaired) electrons. The lowest BCUT2D eigenvalue weighted by molar-refractivity contribution is -0.122. The highest BCUT2D eigenvalue weighted by Crippen LogP contribution is 2.25. The van der Waals surface area contributed by atoms with Crippen molar-refractivity contribution in [2.24, 2.45) is 5.16 Å². The zero-order valence-corrected chi connectivity index (χ0v) is 22.6. The van der Waals surface area contributed by atoms with E-state index >= 15 is 0 Å². The number of ether oxygens (including phenoxy) is 1. The number of oxime groups is 1. The highest BCUT2D eigenvalue weighted by molar-refractivity contribution is 6.10. The molecule has 40 heavy (non-hydrogen) atoms. The van der Waals surface area contributed by atoms with E-state index in [1.165, 1.54) is 0 Å². The third-order valence-corrected chi connectivity index (χ3v) is 7.53. The Morgan fingerprint density at radius 1 is 1.07 bits per heavy atom. The third-order valence-electron chi connectivity index (χ3n) is 7.53. The van der Waals surface area contributed by atoms with Crippen LogP contribution in [0, 0.1) is 11.8 Å². The van der Waals surface area contributed by atoms with Crippen molar-refractivity contribution in [1.29, 1.82) is 0 Å². The number of fused-ring (bicyclic) bond motifs is 1. The second-order valence-electron chi connectivity index (χ2n) is 10.2. The number of carbonyl (C=O) groups excluding carboxylic acids is 3. The largest absolute Gasteiger partial charge is 0.497 e. The molecule has 0 spiro atoms. The van der Waals surface area contributed by atoms with Crippen molar-refractivity contribution >= 4 is 23.7 Å². The fourth-order valence-electron chi connectivity index (χ4n) is 5.25. The molecule has 3 heterocycles. The average molecular weight is 545 g/mol. The molecule has 5 rings (SSSR count). The second kappa shape index (κ2) is 11.3. The maximum atomic E-state index is 13.3. The third kappa shape index (κ3) is 5.44. The molecule has 0 bridgehead atoms. The summed E-state index contributed by atoms with van der Waals surface area (Å²) in [6, 6.07) is 11.8. The van der Waals surface area contributed by atoms with E-state index in [9.17, 15) is 19.6 Å². The van der Waals surface area contributed by atoms with Gasteiger partial charge in [0.15, 0.2) is 5.84 Å². The van der Waals surface area contributed by atoms with E-state index in [1.807, 2.05) is 18.2 Å². The zero-order valence-electron chi connectivity index (χ0n) is 22.6. The number of benzene rings is 2. The smallest absolute Gasteiger partial charge is 0.323 e. The van der Waals surface area contributed by atoms with Crippen LogP contribution in [0.25, 0.3) is 0 Å². The highest BCUT2D eigenvalue weighted by Gasteiger charge is 2.47. The maximum absolute atomic E-state index is 13.3. The lowest BCUT2D eigenvalue weighted by atomic mass is 9.94. The first-order valence-electron chi connectivity index (χ1n) is 13.2. The Morgan fingerprint density at radius 3 is 2.58 bits per heavy atom. The topological polar surface area (TPSA) is 127 Å². The molecule has 1 atom stereocenters. The number of methoxy groups -OCH3 is 1. The molecule has 2 aromatic rings. The number of rotatable bonds is 4. The average Bonchev–Trinajstić information content (AvgIpc) is 3.08. The standard InChI is InChI=1S/C29H32N6O5/c1-33-13-3-14-34(17-16-33)25(32-39)21-6-4-20(5-7-21)10-12-29(27(37)30-28(38)31-29)19-35-15-11-22-18-23(40-2)8-9-24(22)26(35)36/h4-9,18,39H,3,11,13-17,19H2,1-2H3,(H2,30,31,37,38)/b32-25+/t29-/m1/s1. The predicted octanol–water partition coefficient (Wildman–Crippen LogP) is 1.10. The fraction of sp³-hybridized carbons (Fsp3) is 0.379. The number of hydrogen-bond donors (Lipinski definition) is 3. The molecule has 4 amide bonds. The van der Waals surface area contributed by atoms with E-state index < -0.39 is 17.5 Å². The summed E-state index contributed by atoms with van der Waals surface area (Å²) in [5.74, 6) is 6.26. The van der Waals surface area contributed by atoms with Crippen LogP contribution in [-0.2, 0) is 11.2 Å². The first-order chi connectivity index (χ1) is 19.3. The van der Waals surface area contributed by atoms with Gasteiger partial charge >= 0.3 is 6.03 Å². The Morgan fingerprint density at radius 2 is 1.88 bits per heavy atom. The van der Waals surface area contributed by atoms with Crippen molar-refractivity contribution in [1.82, 2.24) is 25.3 Å². The van der Waals surface area contributed by atoms with Crippen molar-refractivity contribution in [3.05, 3.63) is 64.7 Å². The summed E-state index contributed by atoms with van der Waals surface area (Å²) < 4.78 is 5.27. The van der Waals surface area contributed by atoms with Crippen LogP contribution in [0.5, 0.6) is 5.75 Å². The van der Waals surface area contributed by atoms with Crippen LogP contribution >= 0.6 is 0 Å². The van der Waals surface area contributed by atoms with Gasteiger partial charge in [0, 0.05) is 42.9 Å². The molecule has 3 aliphatic heterocycles. The van der Waals surface area contributed by atoms with Gasteiger partial charge in [0.25, 0.3) is 11.8 Å². The molecule has 11 nitrogen and oxygen atoms in total. The Bertz CT molecular complexity index is 1410. The number of carbonyl (C=O) groups is 3. The van der Waals surface area contributed by atoms with Crippen molar-refractivity contribution in [2.45, 2.75) is 18.4 Å². The molecule has 2 aromatic carbocycles. The monoisotopic (exact) mass is 544 g/mol. The Labute approximate surface area is 232 Å². The molecule has 3 N–H and O–H groups in total. The molecular weight excluding hydrogens is 512 g/mol. The number of urea groups is 1. The minimum Gasteiger partial charge on any atom is -0.497 e. The van der Waals surface area contributed by atoms with Crippen molar-refractivity contribution in [2.75, 3.05) is 53.4 Å². The number of likely N-dealkylation sites (N-methyl/N-ethyl adjacent to an activating group) is 1. The molecule has 11 heteroatoms. The van der Waals surface area contributed by atoms with Gasteiger partial charge in [-0.3, -0.25) is 14.9 Å². The van der Waals surface area contributed by atoms with Crippen molar-refractivity contribution < 1.29 is 24.3 Å². The molecule has 0 aromatic heterocycles. The lowest BCUT2D eigenvalue weighted by Crippen LogP contribution is -2.56. The van der Waals surface area contributed by atoms with Gasteiger partial charge in [-0.2, -0.15) is 0 Å². The predicted molar refractivity (Wildman–Crippen MR) is 147 cm³/mol. The molecule has 208 valence electrons. The van der Waals surface area contributed by atoms with Crippen molar-refractivity contribution in [3.8, 4) is 17.6 Å². The maximum Gasteiger partial charge on any atom is 0.323 e. The molecule has 3 aliphatic rings. The van der Waals surface area contributed by atoms with Gasteiger partial charge in [-0.25, -0.2) is 4.79 Å². The summed E-state index contributed by atoms with van der Waals surface area (Å²) >= 11 is 0. The molecular formula is C29H32N6O5. The van der Waals surface area contributed by atoms with E-state index in [0.29, 0.717) is 35.7 Å². The van der Waals surface area contributed by atoms with E-state index in [0.717, 1.165) is 43.7 Å². The van der Waals surface area contributed by atoms with Gasteiger partial charge in [-0.05, 0) is 74.5 Å². The number of amidine groups is 1. The molecule has 0 saturated carbocycles. The molecule has 0 aliphatic carbocycles. The van der Waals surface area contributed by atoms with Gasteiger partial charge in [-0.1, -0.05) is 17.0 Å². The molecule has 0 unspecified atom stereocenters. The number of hydrogen-bond acceptors (Lipinski definition) is 7. The number of imide groups is 1. The Balaban J connectivity index is 1.36. The minimum absolute atomic E-state index is 0.0926. The first kappa shape index (κ1) is 27.0. The van der Waals surface area contributed by atoms with Crippen LogP contribution in [0.1, 0.15) is 33.5 Å². The van der Waals surface area contributed by atoms with Gasteiger partial charge in [0.2, 0.25) is 5.54 Å². The van der Waals surface area contributed by atoms with Gasteiger partial charge in [0.1, 0.15) is 5.75 Å². The Hall–Kier alpha value is -4.56. The van der Waals surface area contributed by atoms with Gasteiger partial charge in [0.05, 0.1) is 13.7 Å². The number of nitrogens with zero attached hydrogens (tertiary/aromatic N) is 4. The summed E-state index contributed by atoms with van der Waals surface area (Å²) in [6.45, 7) is 3.68. The van der Waals surface area contributed by atoms with Crippen LogP contribution in [0.15, 0.2) is 47.6 Å². The van der Waals surface area contributed by atoms with Crippen LogP contribution in [0.2, 0.25) is 0 Å². The van der Waals surface area contributed by atoms with Gasteiger partial charge in [-0.15, -0.1) is 0 Å². The summed E-state index contributed by atoms with van der Waals surface area (Å²) in [5.41, 5.74) is 1.16. The van der Waals surface area contributed by atoms with Crippen molar-refractivity contribution in [3.63, 3.8) is 0 Å². The summed E-state index contributed by atoms with van der Waals surface area (Å²) in [7, 11) is 3.65. The van der Waals surface area contributed by atoms with E-state index in [1.54, 1.807) is 36.3 Å². The summed E-state index contributed by atoms with van der Waals surface area (Å²) in [4.78, 5) is 44.2. The lowest BCUT2D eigenvalue weighted by Gasteiger charge is -2.33. The van der Waals surface area contributed by atoms with E-state index in [4.69, 9.17) is 4.74 Å². The highest BCUT2D eigenvalue weighted by atomic mass is 16.5. The van der Waals surface area contributed by atoms with Crippen LogP contribution in [0.4, 0.5) is 4.79 Å². The normalized spacial score (nSPS) is 21.6. The minimum atomic E-state index is -1.59. The molecule has 2 fully saturated rings. The first-order valence-corrected chi connectivity index (χ1v) is 13.2. The summed E-state index contributed by atoms with van der Waals surface area (Å²) in [6.07, 6.45) is 1.55. The quantitative estimate of drug-likeness (QED) is 0.131.